The maximum atomic E-state index is 5.26. The first kappa shape index (κ1) is 12.1. The van der Waals surface area contributed by atoms with Crippen molar-refractivity contribution in [3.8, 4) is 11.5 Å². The molecule has 0 saturated carbocycles. The predicted molar refractivity (Wildman–Crippen MR) is 71.3 cm³/mol. The molecule has 1 aromatic carbocycles. The lowest BCUT2D eigenvalue weighted by Crippen LogP contribution is -1.89. The molecule has 0 aliphatic carbocycles. The van der Waals surface area contributed by atoms with Gasteiger partial charge < -0.3 is 14.5 Å². The van der Waals surface area contributed by atoms with Crippen LogP contribution in [0, 0.1) is 0 Å². The lowest BCUT2D eigenvalue weighted by Gasteiger charge is -2.06. The highest BCUT2D eigenvalue weighted by molar-refractivity contribution is 7.98. The summed E-state index contributed by atoms with van der Waals surface area (Å²) in [4.78, 5) is 7.83. The van der Waals surface area contributed by atoms with E-state index >= 15 is 0 Å². The molecule has 0 atom stereocenters. The quantitative estimate of drug-likeness (QED) is 0.888. The molecule has 0 unspecified atom stereocenters. The molecule has 1 heterocycles. The zero-order valence-corrected chi connectivity index (χ0v) is 11.1. The summed E-state index contributed by atoms with van der Waals surface area (Å²) in [7, 11) is 3.26. The molecule has 4 nitrogen and oxygen atoms in total. The van der Waals surface area contributed by atoms with Crippen LogP contribution in [0.5, 0.6) is 11.5 Å². The van der Waals surface area contributed by atoms with E-state index in [1.165, 1.54) is 0 Å². The van der Waals surface area contributed by atoms with Crippen LogP contribution in [0.1, 0.15) is 5.82 Å². The van der Waals surface area contributed by atoms with Gasteiger partial charge in [-0.15, -0.1) is 0 Å². The van der Waals surface area contributed by atoms with Crippen molar-refractivity contribution >= 4 is 22.8 Å². The Morgan fingerprint density at radius 2 is 1.94 bits per heavy atom. The van der Waals surface area contributed by atoms with Gasteiger partial charge in [0.1, 0.15) is 5.82 Å². The van der Waals surface area contributed by atoms with Crippen LogP contribution in [0.2, 0.25) is 0 Å². The second-order valence-corrected chi connectivity index (χ2v) is 4.64. The summed E-state index contributed by atoms with van der Waals surface area (Å²) in [5, 5.41) is 0. The molecule has 1 aromatic heterocycles. The Kier molecular flexibility index (Phi) is 3.78. The molecule has 0 spiro atoms. The van der Waals surface area contributed by atoms with Gasteiger partial charge in [-0.3, -0.25) is 0 Å². The van der Waals surface area contributed by atoms with Crippen molar-refractivity contribution in [2.45, 2.75) is 6.42 Å². The number of nitrogens with one attached hydrogen (secondary N) is 1. The maximum absolute atomic E-state index is 5.26. The summed E-state index contributed by atoms with van der Waals surface area (Å²) >= 11 is 1.81. The summed E-state index contributed by atoms with van der Waals surface area (Å²) in [6.07, 6.45) is 3.04. The van der Waals surface area contributed by atoms with Crippen molar-refractivity contribution in [2.24, 2.45) is 0 Å². The Morgan fingerprint density at radius 3 is 2.59 bits per heavy atom. The van der Waals surface area contributed by atoms with Gasteiger partial charge in [0.25, 0.3) is 0 Å². The smallest absolute Gasteiger partial charge is 0.163 e. The van der Waals surface area contributed by atoms with Crippen LogP contribution in [0.3, 0.4) is 0 Å². The highest BCUT2D eigenvalue weighted by atomic mass is 32.2. The summed E-state index contributed by atoms with van der Waals surface area (Å²) < 4.78 is 10.5. The minimum Gasteiger partial charge on any atom is -0.493 e. The summed E-state index contributed by atoms with van der Waals surface area (Å²) in [5.41, 5.74) is 1.90. The number of aromatic nitrogens is 2. The maximum Gasteiger partial charge on any atom is 0.163 e. The number of hydrogen-bond acceptors (Lipinski definition) is 4. The van der Waals surface area contributed by atoms with Crippen LogP contribution >= 0.6 is 11.8 Å². The minimum absolute atomic E-state index is 0.711. The van der Waals surface area contributed by atoms with E-state index in [2.05, 4.69) is 16.2 Å². The van der Waals surface area contributed by atoms with Crippen molar-refractivity contribution in [1.29, 1.82) is 0 Å². The van der Waals surface area contributed by atoms with Gasteiger partial charge in [0.15, 0.2) is 11.5 Å². The van der Waals surface area contributed by atoms with E-state index in [0.29, 0.717) is 5.75 Å². The van der Waals surface area contributed by atoms with Gasteiger partial charge >= 0.3 is 0 Å². The third kappa shape index (κ3) is 2.49. The highest BCUT2D eigenvalue weighted by Gasteiger charge is 2.09. The number of ether oxygens (including phenoxy) is 2. The van der Waals surface area contributed by atoms with E-state index in [9.17, 15) is 0 Å². The van der Waals surface area contributed by atoms with Crippen LogP contribution in [0.15, 0.2) is 12.1 Å². The lowest BCUT2D eigenvalue weighted by molar-refractivity contribution is 0.356. The average molecular weight is 252 g/mol. The molecule has 0 aliphatic heterocycles. The Hall–Kier alpha value is -1.36. The Balaban J connectivity index is 2.39. The Bertz CT molecular complexity index is 469. The minimum atomic E-state index is 0.711. The van der Waals surface area contributed by atoms with Gasteiger partial charge in [0, 0.05) is 24.3 Å². The molecule has 2 rings (SSSR count). The first-order valence-electron chi connectivity index (χ1n) is 5.38. The standard InChI is InChI=1S/C12H16N2O2S/c1-15-10-6-8-9(7-11(10)16-2)14-12(13-8)4-5-17-3/h6-7H,4-5H2,1-3H3,(H,13,14). The summed E-state index contributed by atoms with van der Waals surface area (Å²) in [6.45, 7) is 0. The number of imidazole rings is 1. The molecule has 0 fully saturated rings. The molecule has 0 radical (unpaired) electrons. The lowest BCUT2D eigenvalue weighted by atomic mass is 10.3. The highest BCUT2D eigenvalue weighted by Crippen LogP contribution is 2.31. The molecular formula is C12H16N2O2S. The molecule has 92 valence electrons. The van der Waals surface area contributed by atoms with Gasteiger partial charge in [-0.1, -0.05) is 0 Å². The van der Waals surface area contributed by atoms with Gasteiger partial charge in [0.05, 0.1) is 25.3 Å². The number of aryl methyl sites for hydroxylation is 1. The third-order valence-corrected chi connectivity index (χ3v) is 3.19. The number of methoxy groups -OCH3 is 2. The fourth-order valence-electron chi connectivity index (χ4n) is 1.71. The molecule has 17 heavy (non-hydrogen) atoms. The van der Waals surface area contributed by atoms with E-state index in [1.54, 1.807) is 14.2 Å². The Morgan fingerprint density at radius 1 is 1.24 bits per heavy atom. The zero-order valence-electron chi connectivity index (χ0n) is 10.2. The Labute approximate surface area is 105 Å². The number of fused-ring (bicyclic) bond motifs is 1. The normalized spacial score (nSPS) is 10.8. The van der Waals surface area contributed by atoms with Crippen molar-refractivity contribution < 1.29 is 9.47 Å². The molecule has 2 aromatic rings. The van der Waals surface area contributed by atoms with Crippen LogP contribution < -0.4 is 9.47 Å². The first-order chi connectivity index (χ1) is 8.28. The van der Waals surface area contributed by atoms with Crippen LogP contribution in [0.25, 0.3) is 11.0 Å². The van der Waals surface area contributed by atoms with Crippen molar-refractivity contribution in [2.75, 3.05) is 26.2 Å². The number of H-pyrrole nitrogens is 1. The van der Waals surface area contributed by atoms with Crippen molar-refractivity contribution in [3.63, 3.8) is 0 Å². The number of rotatable bonds is 5. The van der Waals surface area contributed by atoms with Crippen molar-refractivity contribution in [1.82, 2.24) is 9.97 Å². The predicted octanol–water partition coefficient (Wildman–Crippen LogP) is 2.49. The van der Waals surface area contributed by atoms with E-state index < -0.39 is 0 Å². The average Bonchev–Trinajstić information content (AvgIpc) is 2.76. The molecule has 0 saturated heterocycles. The topological polar surface area (TPSA) is 47.1 Å². The van der Waals surface area contributed by atoms with E-state index in [0.717, 1.165) is 34.8 Å². The summed E-state index contributed by atoms with van der Waals surface area (Å²) in [5.74, 6) is 3.50. The summed E-state index contributed by atoms with van der Waals surface area (Å²) in [6, 6.07) is 3.82. The zero-order chi connectivity index (χ0) is 12.3. The van der Waals surface area contributed by atoms with Gasteiger partial charge in [-0.25, -0.2) is 4.98 Å². The molecule has 0 aliphatic rings. The number of benzene rings is 1. The number of thioether (sulfide) groups is 1. The number of hydrogen-bond donors (Lipinski definition) is 1. The second kappa shape index (κ2) is 5.31. The first-order valence-corrected chi connectivity index (χ1v) is 6.77. The largest absolute Gasteiger partial charge is 0.493 e. The van der Waals surface area contributed by atoms with Gasteiger partial charge in [-0.2, -0.15) is 11.8 Å². The third-order valence-electron chi connectivity index (χ3n) is 2.58. The van der Waals surface area contributed by atoms with E-state index in [-0.39, 0.29) is 0 Å². The van der Waals surface area contributed by atoms with Gasteiger partial charge in [0.2, 0.25) is 0 Å². The number of nitrogens with zero attached hydrogens (tertiary/aromatic N) is 1. The number of aromatic amines is 1. The molecular weight excluding hydrogens is 236 g/mol. The van der Waals surface area contributed by atoms with Gasteiger partial charge in [-0.05, 0) is 6.26 Å². The molecule has 5 heteroatoms. The van der Waals surface area contributed by atoms with Crippen LogP contribution in [-0.2, 0) is 6.42 Å². The SMILES string of the molecule is COc1cc2nc(CCSC)[nH]c2cc1OC. The molecule has 0 amide bonds. The fourth-order valence-corrected chi connectivity index (χ4v) is 2.10. The van der Waals surface area contributed by atoms with E-state index in [1.807, 2.05) is 23.9 Å². The molecule has 1 N–H and O–H groups in total. The second-order valence-electron chi connectivity index (χ2n) is 3.65. The van der Waals surface area contributed by atoms with Crippen LogP contribution in [-0.4, -0.2) is 36.2 Å². The molecule has 0 bridgehead atoms. The van der Waals surface area contributed by atoms with E-state index in [4.69, 9.17) is 9.47 Å². The monoisotopic (exact) mass is 252 g/mol. The fraction of sp³-hybridized carbons (Fsp3) is 0.417. The van der Waals surface area contributed by atoms with Crippen molar-refractivity contribution in [3.05, 3.63) is 18.0 Å². The van der Waals surface area contributed by atoms with Crippen LogP contribution in [0.4, 0.5) is 0 Å².